The molecule has 1 amide bonds. The van der Waals surface area contributed by atoms with Gasteiger partial charge in [0.25, 0.3) is 12.3 Å². The van der Waals surface area contributed by atoms with Crippen molar-refractivity contribution in [3.8, 4) is 33.2 Å². The van der Waals surface area contributed by atoms with Crippen LogP contribution in [0.5, 0.6) is 0 Å². The van der Waals surface area contributed by atoms with Crippen molar-refractivity contribution in [3.63, 3.8) is 0 Å². The first-order chi connectivity index (χ1) is 18.9. The van der Waals surface area contributed by atoms with Crippen LogP contribution in [-0.4, -0.2) is 46.4 Å². The van der Waals surface area contributed by atoms with Gasteiger partial charge < -0.3 is 9.88 Å². The van der Waals surface area contributed by atoms with E-state index in [1.54, 1.807) is 36.7 Å². The zero-order valence-electron chi connectivity index (χ0n) is 19.9. The van der Waals surface area contributed by atoms with Gasteiger partial charge in [-0.05, 0) is 48.5 Å². The van der Waals surface area contributed by atoms with Crippen LogP contribution in [0, 0.1) is 5.82 Å². The molecule has 0 saturated heterocycles. The molecule has 0 unspecified atom stereocenters. The normalized spacial score (nSPS) is 11.4. The Morgan fingerprint density at radius 3 is 2.56 bits per heavy atom. The number of benzene rings is 1. The Labute approximate surface area is 222 Å². The number of hydrogen-bond acceptors (Lipinski definition) is 7. The molecule has 13 heteroatoms. The van der Waals surface area contributed by atoms with Crippen molar-refractivity contribution in [1.29, 1.82) is 0 Å². The van der Waals surface area contributed by atoms with Gasteiger partial charge in [0.05, 0.1) is 36.7 Å². The molecule has 194 valence electrons. The molecule has 0 saturated carbocycles. The molecule has 5 heterocycles. The Bertz CT molecular complexity index is 1780. The number of nitrogens with zero attached hydrogens (tertiary/aromatic N) is 7. The fraction of sp³-hybridized carbons (Fsp3) is 0.0769. The second kappa shape index (κ2) is 10.1. The predicted molar refractivity (Wildman–Crippen MR) is 139 cm³/mol. The highest BCUT2D eigenvalue weighted by Gasteiger charge is 2.20. The molecule has 0 radical (unpaired) electrons. The minimum absolute atomic E-state index is 0.253. The number of carbonyl (C=O) groups excluding carboxylic acids is 1. The molecular weight excluding hydrogens is 529 g/mol. The lowest BCUT2D eigenvalue weighted by atomic mass is 10.1. The fourth-order valence-corrected chi connectivity index (χ4v) is 4.83. The molecule has 0 atom stereocenters. The Balaban J connectivity index is 1.30. The number of fused-ring (bicyclic) bond motifs is 1. The number of anilines is 1. The molecule has 9 nitrogen and oxygen atoms in total. The topological polar surface area (TPSA) is 103 Å². The average Bonchev–Trinajstić information content (AvgIpc) is 3.67. The number of thiazole rings is 1. The van der Waals surface area contributed by atoms with Gasteiger partial charge in [0.1, 0.15) is 21.4 Å². The maximum atomic E-state index is 13.5. The van der Waals surface area contributed by atoms with Gasteiger partial charge in [0.2, 0.25) is 0 Å². The fourth-order valence-electron chi connectivity index (χ4n) is 4.01. The SMILES string of the molecule is O=C(Nc1cn2nc(-c3c(-c4ccc(F)cc4)ncn3CC(F)F)ccc2n1)c1cnc(-c2ccncc2)s1. The molecule has 6 aromatic rings. The Hall–Kier alpha value is -4.91. The summed E-state index contributed by atoms with van der Waals surface area (Å²) in [6, 6.07) is 12.5. The number of hydrogen-bond donors (Lipinski definition) is 1. The molecule has 1 N–H and O–H groups in total. The van der Waals surface area contributed by atoms with Crippen LogP contribution in [0.2, 0.25) is 0 Å². The highest BCUT2D eigenvalue weighted by Crippen LogP contribution is 2.31. The highest BCUT2D eigenvalue weighted by molar-refractivity contribution is 7.17. The molecule has 0 spiro atoms. The number of halogens is 3. The molecule has 0 aliphatic rings. The lowest BCUT2D eigenvalue weighted by molar-refractivity contribution is 0.103. The summed E-state index contributed by atoms with van der Waals surface area (Å²) < 4.78 is 42.9. The van der Waals surface area contributed by atoms with Crippen molar-refractivity contribution < 1.29 is 18.0 Å². The summed E-state index contributed by atoms with van der Waals surface area (Å²) in [6.45, 7) is -0.592. The summed E-state index contributed by atoms with van der Waals surface area (Å²) in [5.74, 6) is -0.555. The van der Waals surface area contributed by atoms with E-state index >= 15 is 0 Å². The molecule has 0 aliphatic carbocycles. The van der Waals surface area contributed by atoms with E-state index in [2.05, 4.69) is 30.4 Å². The third kappa shape index (κ3) is 4.99. The minimum atomic E-state index is -2.62. The summed E-state index contributed by atoms with van der Waals surface area (Å²) >= 11 is 1.23. The van der Waals surface area contributed by atoms with Crippen LogP contribution >= 0.6 is 11.3 Å². The van der Waals surface area contributed by atoms with E-state index < -0.39 is 18.8 Å². The molecule has 0 bridgehead atoms. The van der Waals surface area contributed by atoms with E-state index in [0.717, 1.165) is 5.56 Å². The summed E-state index contributed by atoms with van der Waals surface area (Å²) in [5, 5.41) is 7.96. The van der Waals surface area contributed by atoms with Gasteiger partial charge in [-0.15, -0.1) is 11.3 Å². The van der Waals surface area contributed by atoms with Gasteiger partial charge in [0, 0.05) is 23.5 Å². The second-order valence-electron chi connectivity index (χ2n) is 8.36. The number of pyridine rings is 1. The van der Waals surface area contributed by atoms with Gasteiger partial charge in [0.15, 0.2) is 11.5 Å². The standard InChI is InChI=1S/C26H17F3N8OS/c27-17-3-1-15(2-4-17)23-24(36(14-32-23)12-20(28)29)18-5-6-22-33-21(13-37(22)35-18)34-25(38)19-11-31-26(39-19)16-7-9-30-10-8-16/h1-11,13-14,20H,12H2,(H,34,38). The van der Waals surface area contributed by atoms with Crippen LogP contribution in [0.4, 0.5) is 19.0 Å². The summed E-state index contributed by atoms with van der Waals surface area (Å²) in [4.78, 5) is 30.2. The number of rotatable bonds is 7. The van der Waals surface area contributed by atoms with Crippen LogP contribution < -0.4 is 5.32 Å². The molecular formula is C26H17F3N8OS. The first kappa shape index (κ1) is 24.4. The Kier molecular flexibility index (Phi) is 6.32. The lowest BCUT2D eigenvalue weighted by Gasteiger charge is -2.10. The van der Waals surface area contributed by atoms with Gasteiger partial charge in [-0.2, -0.15) is 5.10 Å². The lowest BCUT2D eigenvalue weighted by Crippen LogP contribution is -2.10. The van der Waals surface area contributed by atoms with Gasteiger partial charge >= 0.3 is 0 Å². The van der Waals surface area contributed by atoms with E-state index in [1.165, 1.54) is 63.4 Å². The maximum absolute atomic E-state index is 13.5. The number of aromatic nitrogens is 7. The largest absolute Gasteiger partial charge is 0.323 e. The van der Waals surface area contributed by atoms with Gasteiger partial charge in [-0.25, -0.2) is 32.6 Å². The van der Waals surface area contributed by atoms with E-state index in [-0.39, 0.29) is 11.7 Å². The van der Waals surface area contributed by atoms with Crippen molar-refractivity contribution in [2.45, 2.75) is 13.0 Å². The predicted octanol–water partition coefficient (Wildman–Crippen LogP) is 5.43. The molecule has 0 fully saturated rings. The van der Waals surface area contributed by atoms with E-state index in [0.29, 0.717) is 38.2 Å². The number of imidazole rings is 2. The number of carbonyl (C=O) groups is 1. The van der Waals surface area contributed by atoms with Crippen LogP contribution in [0.1, 0.15) is 9.67 Å². The summed E-state index contributed by atoms with van der Waals surface area (Å²) in [6.07, 6.45) is 5.00. The zero-order valence-corrected chi connectivity index (χ0v) is 20.7. The minimum Gasteiger partial charge on any atom is -0.323 e. The van der Waals surface area contributed by atoms with Crippen molar-refractivity contribution >= 4 is 28.7 Å². The number of nitrogens with one attached hydrogen (secondary N) is 1. The monoisotopic (exact) mass is 546 g/mol. The highest BCUT2D eigenvalue weighted by atomic mass is 32.1. The van der Waals surface area contributed by atoms with Crippen LogP contribution in [0.15, 0.2) is 79.6 Å². The van der Waals surface area contributed by atoms with Crippen molar-refractivity contribution in [1.82, 2.24) is 34.1 Å². The maximum Gasteiger partial charge on any atom is 0.268 e. The molecule has 0 aliphatic heterocycles. The number of alkyl halides is 2. The van der Waals surface area contributed by atoms with Gasteiger partial charge in [-0.1, -0.05) is 0 Å². The second-order valence-corrected chi connectivity index (χ2v) is 9.39. The van der Waals surface area contributed by atoms with Crippen molar-refractivity contribution in [2.75, 3.05) is 5.32 Å². The summed E-state index contributed by atoms with van der Waals surface area (Å²) in [5.41, 5.74) is 2.90. The smallest absolute Gasteiger partial charge is 0.268 e. The van der Waals surface area contributed by atoms with Gasteiger partial charge in [-0.3, -0.25) is 9.78 Å². The third-order valence-electron chi connectivity index (χ3n) is 5.75. The van der Waals surface area contributed by atoms with Crippen molar-refractivity contribution in [3.05, 3.63) is 90.3 Å². The Morgan fingerprint density at radius 1 is 1.00 bits per heavy atom. The van der Waals surface area contributed by atoms with E-state index in [4.69, 9.17) is 0 Å². The average molecular weight is 547 g/mol. The molecule has 6 rings (SSSR count). The first-order valence-electron chi connectivity index (χ1n) is 11.6. The molecule has 1 aromatic carbocycles. The molecule has 5 aromatic heterocycles. The molecule has 39 heavy (non-hydrogen) atoms. The quantitative estimate of drug-likeness (QED) is 0.286. The van der Waals surface area contributed by atoms with Crippen LogP contribution in [-0.2, 0) is 6.54 Å². The van der Waals surface area contributed by atoms with Crippen LogP contribution in [0.3, 0.4) is 0 Å². The first-order valence-corrected chi connectivity index (χ1v) is 12.4. The van der Waals surface area contributed by atoms with Crippen molar-refractivity contribution in [2.24, 2.45) is 0 Å². The zero-order chi connectivity index (χ0) is 26.9. The van der Waals surface area contributed by atoms with E-state index in [9.17, 15) is 18.0 Å². The third-order valence-corrected chi connectivity index (χ3v) is 6.80. The number of amides is 1. The van der Waals surface area contributed by atoms with E-state index in [1.807, 2.05) is 0 Å². The summed E-state index contributed by atoms with van der Waals surface area (Å²) in [7, 11) is 0. The van der Waals surface area contributed by atoms with Crippen LogP contribution in [0.25, 0.3) is 38.9 Å². The Morgan fingerprint density at radius 2 is 1.79 bits per heavy atom.